The van der Waals surface area contributed by atoms with E-state index in [9.17, 15) is 13.2 Å². The van der Waals surface area contributed by atoms with Crippen molar-refractivity contribution in [2.75, 3.05) is 19.0 Å². The molecule has 94 valence electrons. The van der Waals surface area contributed by atoms with Crippen molar-refractivity contribution >= 4 is 27.3 Å². The second-order valence-corrected chi connectivity index (χ2v) is 6.30. The quantitative estimate of drug-likeness (QED) is 0.851. The Kier molecular flexibility index (Phi) is 3.75. The molecule has 2 heterocycles. The lowest BCUT2D eigenvalue weighted by Crippen LogP contribution is -2.35. The molecule has 1 amide bonds. The summed E-state index contributed by atoms with van der Waals surface area (Å²) in [4.78, 5) is 15.3. The molecule has 17 heavy (non-hydrogen) atoms. The average Bonchev–Trinajstić information content (AvgIpc) is 2.85. The Hall–Kier alpha value is -0.990. The number of carbonyl (C=O) groups excluding carboxylic acids is 1. The number of aromatic nitrogens is 1. The number of hydrogen-bond donors (Lipinski definition) is 1. The number of nitrogens with zero attached hydrogens (tertiary/aromatic N) is 1. The van der Waals surface area contributed by atoms with E-state index in [2.05, 4.69) is 4.98 Å². The van der Waals surface area contributed by atoms with Crippen LogP contribution in [0.3, 0.4) is 0 Å². The van der Waals surface area contributed by atoms with E-state index in [0.29, 0.717) is 19.6 Å². The Balaban J connectivity index is 1.95. The molecule has 1 atom stereocenters. The van der Waals surface area contributed by atoms with Crippen molar-refractivity contribution in [2.24, 2.45) is 5.92 Å². The number of ether oxygens (including phenoxy) is 1. The highest BCUT2D eigenvalue weighted by molar-refractivity contribution is 7.90. The van der Waals surface area contributed by atoms with Gasteiger partial charge in [0.2, 0.25) is 10.0 Å². The van der Waals surface area contributed by atoms with Crippen LogP contribution in [0.4, 0.5) is 0 Å². The van der Waals surface area contributed by atoms with Gasteiger partial charge in [0.1, 0.15) is 5.69 Å². The van der Waals surface area contributed by atoms with E-state index in [1.165, 1.54) is 22.2 Å². The average molecular weight is 276 g/mol. The molecule has 1 aromatic heterocycles. The minimum absolute atomic E-state index is 0.0317. The van der Waals surface area contributed by atoms with Crippen LogP contribution in [0.2, 0.25) is 0 Å². The number of hydrogen-bond acceptors (Lipinski definition) is 6. The van der Waals surface area contributed by atoms with Crippen molar-refractivity contribution < 1.29 is 17.9 Å². The fourth-order valence-electron chi connectivity index (χ4n) is 1.58. The Morgan fingerprint density at radius 3 is 3.06 bits per heavy atom. The van der Waals surface area contributed by atoms with Crippen LogP contribution in [0.5, 0.6) is 0 Å². The van der Waals surface area contributed by atoms with E-state index in [4.69, 9.17) is 4.74 Å². The third kappa shape index (κ3) is 3.48. The Bertz CT molecular complexity index is 477. The first kappa shape index (κ1) is 12.5. The summed E-state index contributed by atoms with van der Waals surface area (Å²) in [6.45, 7) is 1.02. The molecule has 2 rings (SSSR count). The summed E-state index contributed by atoms with van der Waals surface area (Å²) < 4.78 is 30.5. The summed E-state index contributed by atoms with van der Waals surface area (Å²) in [5.74, 6) is -0.788. The molecule has 1 aliphatic heterocycles. The first-order chi connectivity index (χ1) is 8.07. The normalized spacial score (nSPS) is 20.4. The van der Waals surface area contributed by atoms with Gasteiger partial charge in [0.05, 0.1) is 17.9 Å². The molecule has 8 heteroatoms. The van der Waals surface area contributed by atoms with Crippen LogP contribution in [-0.4, -0.2) is 38.3 Å². The van der Waals surface area contributed by atoms with Gasteiger partial charge < -0.3 is 4.74 Å². The molecule has 0 aromatic carbocycles. The molecule has 1 N–H and O–H groups in total. The predicted octanol–water partition coefficient (Wildman–Crippen LogP) is 0.239. The van der Waals surface area contributed by atoms with Crippen LogP contribution >= 0.6 is 11.3 Å². The molecule has 1 aromatic rings. The largest absolute Gasteiger partial charge is 0.381 e. The van der Waals surface area contributed by atoms with E-state index in [-0.39, 0.29) is 17.4 Å². The van der Waals surface area contributed by atoms with E-state index >= 15 is 0 Å². The lowest BCUT2D eigenvalue weighted by molar-refractivity contribution is 0.0977. The minimum Gasteiger partial charge on any atom is -0.381 e. The number of thiazole rings is 1. The predicted molar refractivity (Wildman–Crippen MR) is 62.3 cm³/mol. The van der Waals surface area contributed by atoms with Crippen molar-refractivity contribution in [3.05, 3.63) is 16.6 Å². The van der Waals surface area contributed by atoms with E-state index in [1.807, 2.05) is 4.72 Å². The molecule has 1 aliphatic rings. The van der Waals surface area contributed by atoms with Gasteiger partial charge in [-0.05, 0) is 6.42 Å². The first-order valence-electron chi connectivity index (χ1n) is 5.07. The molecule has 0 saturated carbocycles. The molecule has 0 aliphatic carbocycles. The van der Waals surface area contributed by atoms with E-state index in [0.717, 1.165) is 0 Å². The SMILES string of the molecule is O=C(NS(=O)(=O)CC1CCOC1)c1cscn1. The highest BCUT2D eigenvalue weighted by Gasteiger charge is 2.25. The van der Waals surface area contributed by atoms with Crippen molar-refractivity contribution in [3.63, 3.8) is 0 Å². The highest BCUT2D eigenvalue weighted by Crippen LogP contribution is 2.14. The second-order valence-electron chi connectivity index (χ2n) is 3.82. The summed E-state index contributed by atoms with van der Waals surface area (Å²) in [5.41, 5.74) is 1.60. The van der Waals surface area contributed by atoms with Crippen molar-refractivity contribution in [1.82, 2.24) is 9.71 Å². The maximum absolute atomic E-state index is 11.7. The zero-order valence-electron chi connectivity index (χ0n) is 8.96. The number of sulfonamides is 1. The number of nitrogens with one attached hydrogen (secondary N) is 1. The Morgan fingerprint density at radius 1 is 1.65 bits per heavy atom. The van der Waals surface area contributed by atoms with Gasteiger partial charge in [-0.15, -0.1) is 11.3 Å². The fraction of sp³-hybridized carbons (Fsp3) is 0.556. The lowest BCUT2D eigenvalue weighted by atomic mass is 10.2. The van der Waals surface area contributed by atoms with Crippen LogP contribution in [0.25, 0.3) is 0 Å². The smallest absolute Gasteiger partial charge is 0.284 e. The monoisotopic (exact) mass is 276 g/mol. The van der Waals surface area contributed by atoms with Gasteiger partial charge in [-0.2, -0.15) is 0 Å². The maximum atomic E-state index is 11.7. The van der Waals surface area contributed by atoms with Gasteiger partial charge in [-0.3, -0.25) is 4.79 Å². The molecule has 0 spiro atoms. The van der Waals surface area contributed by atoms with Gasteiger partial charge in [0.25, 0.3) is 5.91 Å². The third-order valence-corrected chi connectivity index (χ3v) is 4.39. The van der Waals surface area contributed by atoms with E-state index in [1.54, 1.807) is 0 Å². The molecular weight excluding hydrogens is 264 g/mol. The maximum Gasteiger partial charge on any atom is 0.284 e. The summed E-state index contributed by atoms with van der Waals surface area (Å²) in [5, 5.41) is 1.50. The van der Waals surface area contributed by atoms with E-state index < -0.39 is 15.9 Å². The molecule has 0 radical (unpaired) electrons. The minimum atomic E-state index is -3.61. The molecule has 1 saturated heterocycles. The summed E-state index contributed by atoms with van der Waals surface area (Å²) in [6, 6.07) is 0. The Labute approximate surface area is 103 Å². The summed E-state index contributed by atoms with van der Waals surface area (Å²) in [7, 11) is -3.61. The topological polar surface area (TPSA) is 85.4 Å². The van der Waals surface area contributed by atoms with Gasteiger partial charge >= 0.3 is 0 Å². The molecule has 6 nitrogen and oxygen atoms in total. The number of amides is 1. The first-order valence-corrected chi connectivity index (χ1v) is 7.67. The van der Waals surface area contributed by atoms with Crippen molar-refractivity contribution in [1.29, 1.82) is 0 Å². The van der Waals surface area contributed by atoms with Gasteiger partial charge in [0.15, 0.2) is 0 Å². The standard InChI is InChI=1S/C9H12N2O4S2/c12-9(8-4-16-6-10-8)11-17(13,14)5-7-1-2-15-3-7/h4,6-7H,1-3,5H2,(H,11,12). The van der Waals surface area contributed by atoms with Crippen LogP contribution in [0.1, 0.15) is 16.9 Å². The highest BCUT2D eigenvalue weighted by atomic mass is 32.2. The van der Waals surface area contributed by atoms with Crippen LogP contribution in [0.15, 0.2) is 10.9 Å². The van der Waals surface area contributed by atoms with Gasteiger partial charge in [-0.1, -0.05) is 0 Å². The molecule has 1 unspecified atom stereocenters. The fourth-order valence-corrected chi connectivity index (χ4v) is 3.47. The Morgan fingerprint density at radius 2 is 2.47 bits per heavy atom. The second kappa shape index (κ2) is 5.11. The molecule has 1 fully saturated rings. The number of rotatable bonds is 4. The number of carbonyl (C=O) groups is 1. The molecule has 0 bridgehead atoms. The van der Waals surface area contributed by atoms with Crippen LogP contribution < -0.4 is 4.72 Å². The lowest BCUT2D eigenvalue weighted by Gasteiger charge is -2.09. The molecular formula is C9H12N2O4S2. The van der Waals surface area contributed by atoms with Crippen molar-refractivity contribution in [3.8, 4) is 0 Å². The van der Waals surface area contributed by atoms with Crippen LogP contribution in [0, 0.1) is 5.92 Å². The van der Waals surface area contributed by atoms with Gasteiger partial charge in [-0.25, -0.2) is 18.1 Å². The zero-order chi connectivity index (χ0) is 12.3. The van der Waals surface area contributed by atoms with Crippen molar-refractivity contribution in [2.45, 2.75) is 6.42 Å². The zero-order valence-corrected chi connectivity index (χ0v) is 10.6. The third-order valence-electron chi connectivity index (χ3n) is 2.39. The summed E-state index contributed by atoms with van der Waals surface area (Å²) in [6.07, 6.45) is 0.714. The van der Waals surface area contributed by atoms with Crippen LogP contribution in [-0.2, 0) is 14.8 Å². The van der Waals surface area contributed by atoms with Gasteiger partial charge in [0, 0.05) is 17.9 Å². The summed E-state index contributed by atoms with van der Waals surface area (Å²) >= 11 is 1.24.